The molecule has 1 aliphatic rings. The fourth-order valence-corrected chi connectivity index (χ4v) is 3.77. The molecule has 43 heavy (non-hydrogen) atoms. The molecule has 0 saturated carbocycles. The summed E-state index contributed by atoms with van der Waals surface area (Å²) >= 11 is 0. The molecule has 0 radical (unpaired) electrons. The third kappa shape index (κ3) is 13.9. The molecule has 0 fully saturated rings. The molecule has 1 aromatic rings. The van der Waals surface area contributed by atoms with Gasteiger partial charge in [0, 0.05) is 38.5 Å². The van der Waals surface area contributed by atoms with Crippen LogP contribution >= 0.6 is 0 Å². The minimum absolute atomic E-state index is 0.110. The molecule has 0 aliphatic carbocycles. The Hall–Kier alpha value is -5.08. The average Bonchev–Trinajstić information content (AvgIpc) is 3.29. The summed E-state index contributed by atoms with van der Waals surface area (Å²) in [7, 11) is 0. The number of hydrogen-bond donors (Lipinski definition) is 5. The van der Waals surface area contributed by atoms with E-state index in [0.29, 0.717) is 19.3 Å². The summed E-state index contributed by atoms with van der Waals surface area (Å²) in [6.07, 6.45) is 4.34. The van der Waals surface area contributed by atoms with E-state index in [0.717, 1.165) is 10.5 Å². The van der Waals surface area contributed by atoms with Gasteiger partial charge in [-0.25, -0.2) is 0 Å². The Bertz CT molecular complexity index is 1200. The van der Waals surface area contributed by atoms with Crippen molar-refractivity contribution in [3.05, 3.63) is 48.0 Å². The van der Waals surface area contributed by atoms with E-state index in [1.807, 2.05) is 0 Å². The number of carbonyl (C=O) groups is 8. The molecule has 0 spiro atoms. The zero-order chi connectivity index (χ0) is 31.6. The summed E-state index contributed by atoms with van der Waals surface area (Å²) in [5, 5.41) is 12.1. The average molecular weight is 601 g/mol. The van der Waals surface area contributed by atoms with Gasteiger partial charge >= 0.3 is 5.97 Å². The SMILES string of the molecule is CC(=O)OCNC(=O)CNC(=O)[C@H](Cc1ccccc1)NC(=O)CNC(=O)CNC(=O)CCCCCN1C(=O)C=CC1=O. The number of benzene rings is 1. The van der Waals surface area contributed by atoms with Gasteiger partial charge in [-0.2, -0.15) is 0 Å². The fraction of sp³-hybridized carbons (Fsp3) is 0.429. The maximum atomic E-state index is 12.7. The van der Waals surface area contributed by atoms with Crippen LogP contribution in [0.4, 0.5) is 0 Å². The van der Waals surface area contributed by atoms with Crippen LogP contribution in [-0.2, 0) is 49.5 Å². The molecular formula is C28H36N6O9. The smallest absolute Gasteiger partial charge is 0.304 e. The first-order chi connectivity index (χ1) is 20.5. The van der Waals surface area contributed by atoms with Crippen molar-refractivity contribution in [1.82, 2.24) is 31.5 Å². The number of amides is 7. The van der Waals surface area contributed by atoms with Gasteiger partial charge in [-0.3, -0.25) is 43.3 Å². The second-order valence-corrected chi connectivity index (χ2v) is 9.43. The molecule has 15 heteroatoms. The van der Waals surface area contributed by atoms with Crippen LogP contribution in [0.5, 0.6) is 0 Å². The summed E-state index contributed by atoms with van der Waals surface area (Å²) < 4.78 is 4.60. The number of esters is 1. The maximum Gasteiger partial charge on any atom is 0.304 e. The number of imide groups is 1. The Balaban J connectivity index is 1.70. The lowest BCUT2D eigenvalue weighted by molar-refractivity contribution is -0.143. The van der Waals surface area contributed by atoms with Crippen molar-refractivity contribution < 1.29 is 43.1 Å². The standard InChI is InChI=1S/C28H36N6O9/c1-19(35)43-18-32-24(38)16-31-28(42)21(14-20-8-4-2-5-9-20)33-25(39)17-30-23(37)15-29-22(36)10-6-3-7-13-34-26(40)11-12-27(34)41/h2,4-5,8-9,11-12,21H,3,6-7,10,13-18H2,1H3,(H,29,36)(H,30,37)(H,31,42)(H,32,38)(H,33,39)/t21-/m0/s1. The van der Waals surface area contributed by atoms with Crippen LogP contribution in [0.15, 0.2) is 42.5 Å². The molecule has 0 bridgehead atoms. The molecule has 7 amide bonds. The molecule has 15 nitrogen and oxygen atoms in total. The first kappa shape index (κ1) is 34.1. The van der Waals surface area contributed by atoms with Crippen molar-refractivity contribution >= 4 is 47.3 Å². The normalized spacial score (nSPS) is 12.7. The van der Waals surface area contributed by atoms with Crippen LogP contribution in [0.25, 0.3) is 0 Å². The lowest BCUT2D eigenvalue weighted by Crippen LogP contribution is -2.52. The molecule has 0 unspecified atom stereocenters. The first-order valence-corrected chi connectivity index (χ1v) is 13.6. The van der Waals surface area contributed by atoms with Gasteiger partial charge in [0.15, 0.2) is 6.73 Å². The van der Waals surface area contributed by atoms with Crippen molar-refractivity contribution in [2.45, 2.75) is 45.1 Å². The number of ether oxygens (including phenoxy) is 1. The molecule has 2 rings (SSSR count). The number of hydrogen-bond acceptors (Lipinski definition) is 9. The Labute approximate surface area is 248 Å². The van der Waals surface area contributed by atoms with Gasteiger partial charge in [-0.1, -0.05) is 36.8 Å². The Morgan fingerprint density at radius 3 is 2.02 bits per heavy atom. The summed E-state index contributed by atoms with van der Waals surface area (Å²) in [6.45, 7) is -0.134. The molecule has 232 valence electrons. The highest BCUT2D eigenvalue weighted by Gasteiger charge is 2.23. The molecule has 1 aliphatic heterocycles. The zero-order valence-corrected chi connectivity index (χ0v) is 23.8. The number of carbonyl (C=O) groups excluding carboxylic acids is 8. The third-order valence-electron chi connectivity index (χ3n) is 5.98. The summed E-state index contributed by atoms with van der Waals surface area (Å²) in [6, 6.07) is 7.77. The predicted octanol–water partition coefficient (Wildman–Crippen LogP) is -1.82. The molecule has 0 saturated heterocycles. The number of unbranched alkanes of at least 4 members (excludes halogenated alkanes) is 2. The van der Waals surface area contributed by atoms with E-state index in [-0.39, 0.29) is 50.4 Å². The van der Waals surface area contributed by atoms with Gasteiger partial charge in [0.05, 0.1) is 19.6 Å². The van der Waals surface area contributed by atoms with Crippen molar-refractivity contribution in [3.63, 3.8) is 0 Å². The highest BCUT2D eigenvalue weighted by atomic mass is 16.5. The predicted molar refractivity (Wildman–Crippen MR) is 150 cm³/mol. The quantitative estimate of drug-likeness (QED) is 0.0555. The van der Waals surface area contributed by atoms with Gasteiger partial charge in [-0.15, -0.1) is 0 Å². The summed E-state index contributed by atoms with van der Waals surface area (Å²) in [4.78, 5) is 96.2. The Kier molecular flexibility index (Phi) is 14.6. The van der Waals surface area contributed by atoms with Crippen LogP contribution < -0.4 is 26.6 Å². The van der Waals surface area contributed by atoms with Crippen molar-refractivity contribution in [2.75, 3.05) is 32.9 Å². The monoisotopic (exact) mass is 600 g/mol. The van der Waals surface area contributed by atoms with E-state index in [4.69, 9.17) is 0 Å². The number of rotatable bonds is 18. The van der Waals surface area contributed by atoms with Gasteiger partial charge in [0.2, 0.25) is 29.5 Å². The van der Waals surface area contributed by atoms with Crippen molar-refractivity contribution in [1.29, 1.82) is 0 Å². The van der Waals surface area contributed by atoms with Gasteiger partial charge < -0.3 is 31.3 Å². The number of nitrogens with one attached hydrogen (secondary N) is 5. The second-order valence-electron chi connectivity index (χ2n) is 9.43. The van der Waals surface area contributed by atoms with Gasteiger partial charge in [0.25, 0.3) is 11.8 Å². The Morgan fingerprint density at radius 2 is 1.35 bits per heavy atom. The lowest BCUT2D eigenvalue weighted by Gasteiger charge is -2.19. The fourth-order valence-electron chi connectivity index (χ4n) is 3.77. The van der Waals surface area contributed by atoms with E-state index in [1.54, 1.807) is 30.3 Å². The van der Waals surface area contributed by atoms with Crippen LogP contribution in [0.1, 0.15) is 38.2 Å². The highest BCUT2D eigenvalue weighted by Crippen LogP contribution is 2.08. The molecule has 1 heterocycles. The molecule has 5 N–H and O–H groups in total. The van der Waals surface area contributed by atoms with E-state index >= 15 is 0 Å². The zero-order valence-electron chi connectivity index (χ0n) is 23.8. The van der Waals surface area contributed by atoms with Crippen molar-refractivity contribution in [3.8, 4) is 0 Å². The first-order valence-electron chi connectivity index (χ1n) is 13.6. The van der Waals surface area contributed by atoms with Crippen molar-refractivity contribution in [2.24, 2.45) is 0 Å². The summed E-state index contributed by atoms with van der Waals surface area (Å²) in [5.74, 6) is -4.19. The molecule has 1 atom stereocenters. The van der Waals surface area contributed by atoms with Crippen LogP contribution in [0, 0.1) is 0 Å². The van der Waals surface area contributed by atoms with Crippen LogP contribution in [0.3, 0.4) is 0 Å². The van der Waals surface area contributed by atoms with Gasteiger partial charge in [0.1, 0.15) is 6.04 Å². The molecule has 0 aromatic heterocycles. The summed E-state index contributed by atoms with van der Waals surface area (Å²) in [5.41, 5.74) is 0.740. The van der Waals surface area contributed by atoms with Crippen LogP contribution in [0.2, 0.25) is 0 Å². The minimum atomic E-state index is -1.06. The topological polar surface area (TPSA) is 209 Å². The highest BCUT2D eigenvalue weighted by molar-refractivity contribution is 6.12. The van der Waals surface area contributed by atoms with E-state index in [9.17, 15) is 38.4 Å². The molecular weight excluding hydrogens is 564 g/mol. The minimum Gasteiger partial charge on any atom is -0.445 e. The second kappa shape index (κ2) is 18.4. The largest absolute Gasteiger partial charge is 0.445 e. The number of nitrogens with zero attached hydrogens (tertiary/aromatic N) is 1. The molecule has 1 aromatic carbocycles. The van der Waals surface area contributed by atoms with E-state index in [1.165, 1.54) is 19.1 Å². The lowest BCUT2D eigenvalue weighted by atomic mass is 10.1. The van der Waals surface area contributed by atoms with Gasteiger partial charge in [-0.05, 0) is 18.4 Å². The maximum absolute atomic E-state index is 12.7. The van der Waals surface area contributed by atoms with Crippen LogP contribution in [-0.4, -0.2) is 91.2 Å². The van der Waals surface area contributed by atoms with E-state index in [2.05, 4.69) is 31.3 Å². The third-order valence-corrected chi connectivity index (χ3v) is 5.98. The Morgan fingerprint density at radius 1 is 0.744 bits per heavy atom. The van der Waals surface area contributed by atoms with E-state index < -0.39 is 48.7 Å².